The van der Waals surface area contributed by atoms with Crippen LogP contribution in [0.1, 0.15) is 0 Å². The smallest absolute Gasteiger partial charge is 0.449 e. The van der Waals surface area contributed by atoms with E-state index >= 15 is 0 Å². The number of ether oxygens (including phenoxy) is 1. The van der Waals surface area contributed by atoms with Crippen molar-refractivity contribution in [1.29, 1.82) is 0 Å². The van der Waals surface area contributed by atoms with Crippen molar-refractivity contribution in [3.8, 4) is 5.75 Å². The summed E-state index contributed by atoms with van der Waals surface area (Å²) in [6.07, 6.45) is -0.156. The molecule has 4 N–H and O–H groups in total. The van der Waals surface area contributed by atoms with E-state index in [1.165, 1.54) is 6.20 Å². The molecule has 0 amide bonds. The summed E-state index contributed by atoms with van der Waals surface area (Å²) in [7, 11) is 0. The van der Waals surface area contributed by atoms with Gasteiger partial charge in [-0.1, -0.05) is 0 Å². The first-order valence-electron chi connectivity index (χ1n) is 2.40. The van der Waals surface area contributed by atoms with Crippen LogP contribution in [0.5, 0.6) is 5.75 Å². The van der Waals surface area contributed by atoms with Gasteiger partial charge in [0, 0.05) is 0 Å². The van der Waals surface area contributed by atoms with E-state index in [4.69, 9.17) is 10.8 Å². The molecule has 0 aliphatic rings. The summed E-state index contributed by atoms with van der Waals surface area (Å²) in [6, 6.07) is 0. The highest BCUT2D eigenvalue weighted by molar-refractivity contribution is 5.63. The molecule has 6 nitrogen and oxygen atoms in total. The average Bonchev–Trinajstić information content (AvgIpc) is 2.15. The number of nitrogens with one attached hydrogen (secondary N) is 1. The summed E-state index contributed by atoms with van der Waals surface area (Å²) < 4.78 is 4.18. The molecular formula is C4H5N3O3. The highest BCUT2D eigenvalue weighted by Gasteiger charge is 2.05. The molecular weight excluding hydrogens is 138 g/mol. The minimum Gasteiger partial charge on any atom is -0.449 e. The van der Waals surface area contributed by atoms with Crippen molar-refractivity contribution in [2.45, 2.75) is 0 Å². The van der Waals surface area contributed by atoms with Crippen molar-refractivity contribution < 1.29 is 14.6 Å². The molecule has 54 valence electrons. The number of hydrogen-bond donors (Lipinski definition) is 3. The molecule has 0 saturated carbocycles. The van der Waals surface area contributed by atoms with Gasteiger partial charge in [-0.2, -0.15) is 5.10 Å². The fourth-order valence-corrected chi connectivity index (χ4v) is 0.465. The highest BCUT2D eigenvalue weighted by atomic mass is 16.7. The number of aromatic nitrogens is 2. The van der Waals surface area contributed by atoms with Crippen LogP contribution in [0.4, 0.5) is 10.6 Å². The second-order valence-electron chi connectivity index (χ2n) is 1.50. The van der Waals surface area contributed by atoms with E-state index < -0.39 is 6.16 Å². The van der Waals surface area contributed by atoms with Crippen LogP contribution in [0.3, 0.4) is 0 Å². The average molecular weight is 143 g/mol. The van der Waals surface area contributed by atoms with Gasteiger partial charge in [0.25, 0.3) is 0 Å². The van der Waals surface area contributed by atoms with Gasteiger partial charge in [0.15, 0.2) is 11.6 Å². The maximum atomic E-state index is 9.90. The standard InChI is InChI=1S/C4H5N3O3/c5-3-2(1-6-7-3)10-4(8)9/h1H,(H,8,9)(H3,5,6,7). The van der Waals surface area contributed by atoms with E-state index in [1.54, 1.807) is 0 Å². The number of carbonyl (C=O) groups is 1. The van der Waals surface area contributed by atoms with Gasteiger partial charge >= 0.3 is 6.16 Å². The number of anilines is 1. The Labute approximate surface area is 55.6 Å². The van der Waals surface area contributed by atoms with Crippen LogP contribution in [-0.4, -0.2) is 21.5 Å². The molecule has 0 aliphatic heterocycles. The lowest BCUT2D eigenvalue weighted by Crippen LogP contribution is -2.03. The SMILES string of the molecule is Nc1n[nH]cc1OC(=O)O. The van der Waals surface area contributed by atoms with Gasteiger partial charge in [-0.3, -0.25) is 5.10 Å². The van der Waals surface area contributed by atoms with E-state index in [2.05, 4.69) is 14.9 Å². The van der Waals surface area contributed by atoms with Crippen molar-refractivity contribution in [2.75, 3.05) is 5.73 Å². The van der Waals surface area contributed by atoms with Crippen molar-refractivity contribution in [3.05, 3.63) is 6.20 Å². The minimum atomic E-state index is -1.41. The molecule has 0 unspecified atom stereocenters. The van der Waals surface area contributed by atoms with Gasteiger partial charge in [0.2, 0.25) is 0 Å². The topological polar surface area (TPSA) is 101 Å². The number of nitrogen functional groups attached to an aromatic ring is 1. The summed E-state index contributed by atoms with van der Waals surface area (Å²) >= 11 is 0. The summed E-state index contributed by atoms with van der Waals surface area (Å²) in [5.41, 5.74) is 5.16. The van der Waals surface area contributed by atoms with Crippen molar-refractivity contribution >= 4 is 12.0 Å². The quantitative estimate of drug-likeness (QED) is 0.482. The zero-order valence-corrected chi connectivity index (χ0v) is 4.87. The van der Waals surface area contributed by atoms with Crippen LogP contribution in [0.25, 0.3) is 0 Å². The largest absolute Gasteiger partial charge is 0.511 e. The van der Waals surface area contributed by atoms with Crippen LogP contribution in [0, 0.1) is 0 Å². The maximum Gasteiger partial charge on any atom is 0.511 e. The predicted molar refractivity (Wildman–Crippen MR) is 31.7 cm³/mol. The molecule has 0 aromatic carbocycles. The van der Waals surface area contributed by atoms with Crippen LogP contribution in [-0.2, 0) is 0 Å². The van der Waals surface area contributed by atoms with Gasteiger partial charge in [0.1, 0.15) is 0 Å². The molecule has 10 heavy (non-hydrogen) atoms. The Balaban J connectivity index is 2.74. The van der Waals surface area contributed by atoms with Crippen LogP contribution in [0.2, 0.25) is 0 Å². The predicted octanol–water partition coefficient (Wildman–Crippen LogP) is 0.0487. The number of rotatable bonds is 1. The first-order chi connectivity index (χ1) is 4.70. The molecule has 0 aliphatic carbocycles. The van der Waals surface area contributed by atoms with Gasteiger partial charge in [-0.15, -0.1) is 0 Å². The molecule has 0 radical (unpaired) electrons. The summed E-state index contributed by atoms with van der Waals surface area (Å²) in [5.74, 6) is 0.0508. The minimum absolute atomic E-state index is 0.0208. The van der Waals surface area contributed by atoms with Gasteiger partial charge in [-0.05, 0) is 0 Å². The Kier molecular flexibility index (Phi) is 1.44. The summed E-state index contributed by atoms with van der Waals surface area (Å²) in [4.78, 5) is 9.90. The lowest BCUT2D eigenvalue weighted by Gasteiger charge is -1.92. The van der Waals surface area contributed by atoms with Crippen molar-refractivity contribution in [2.24, 2.45) is 0 Å². The molecule has 1 rings (SSSR count). The van der Waals surface area contributed by atoms with E-state index in [9.17, 15) is 4.79 Å². The molecule has 1 heterocycles. The zero-order chi connectivity index (χ0) is 7.56. The number of hydrogen-bond acceptors (Lipinski definition) is 4. The lowest BCUT2D eigenvalue weighted by molar-refractivity contribution is 0.144. The van der Waals surface area contributed by atoms with Crippen molar-refractivity contribution in [3.63, 3.8) is 0 Å². The maximum absolute atomic E-state index is 9.90. The Bertz CT molecular complexity index is 244. The molecule has 1 aromatic rings. The lowest BCUT2D eigenvalue weighted by atomic mass is 10.6. The fraction of sp³-hybridized carbons (Fsp3) is 0. The van der Waals surface area contributed by atoms with E-state index in [1.807, 2.05) is 0 Å². The first-order valence-corrected chi connectivity index (χ1v) is 2.40. The van der Waals surface area contributed by atoms with Gasteiger partial charge in [0.05, 0.1) is 6.20 Å². The number of nitrogens with zero attached hydrogens (tertiary/aromatic N) is 1. The Morgan fingerprint density at radius 3 is 3.00 bits per heavy atom. The molecule has 0 saturated heterocycles. The summed E-state index contributed by atoms with van der Waals surface area (Å²) in [5, 5.41) is 13.9. The van der Waals surface area contributed by atoms with Crippen LogP contribution < -0.4 is 10.5 Å². The van der Waals surface area contributed by atoms with E-state index in [0.717, 1.165) is 0 Å². The Hall–Kier alpha value is -1.72. The normalized spacial score (nSPS) is 9.20. The second kappa shape index (κ2) is 2.26. The number of nitrogens with two attached hydrogens (primary N) is 1. The third-order valence-electron chi connectivity index (χ3n) is 0.830. The third-order valence-corrected chi connectivity index (χ3v) is 0.830. The number of aromatic amines is 1. The van der Waals surface area contributed by atoms with Crippen molar-refractivity contribution in [1.82, 2.24) is 10.2 Å². The first kappa shape index (κ1) is 6.40. The molecule has 0 fully saturated rings. The van der Waals surface area contributed by atoms with Crippen LogP contribution >= 0.6 is 0 Å². The van der Waals surface area contributed by atoms with E-state index in [-0.39, 0.29) is 11.6 Å². The Morgan fingerprint density at radius 1 is 1.90 bits per heavy atom. The number of H-pyrrole nitrogens is 1. The zero-order valence-electron chi connectivity index (χ0n) is 4.87. The Morgan fingerprint density at radius 2 is 2.60 bits per heavy atom. The van der Waals surface area contributed by atoms with Crippen LogP contribution in [0.15, 0.2) is 6.20 Å². The molecule has 0 bridgehead atoms. The monoisotopic (exact) mass is 143 g/mol. The molecule has 1 aromatic heterocycles. The summed E-state index contributed by atoms with van der Waals surface area (Å²) in [6.45, 7) is 0. The van der Waals surface area contributed by atoms with E-state index in [0.29, 0.717) is 0 Å². The third kappa shape index (κ3) is 1.16. The fourth-order valence-electron chi connectivity index (χ4n) is 0.465. The molecule has 6 heteroatoms. The van der Waals surface area contributed by atoms with Gasteiger partial charge < -0.3 is 15.6 Å². The highest BCUT2D eigenvalue weighted by Crippen LogP contribution is 2.15. The molecule has 0 spiro atoms. The van der Waals surface area contributed by atoms with Gasteiger partial charge in [-0.25, -0.2) is 4.79 Å². The second-order valence-corrected chi connectivity index (χ2v) is 1.50. The number of carboxylic acid groups (broad SMARTS) is 1. The molecule has 0 atom stereocenters.